The summed E-state index contributed by atoms with van der Waals surface area (Å²) in [6.07, 6.45) is 3.47. The molecule has 0 bridgehead atoms. The van der Waals surface area contributed by atoms with Gasteiger partial charge in [0.25, 0.3) is 0 Å². The van der Waals surface area contributed by atoms with E-state index >= 15 is 0 Å². The molecule has 0 aliphatic heterocycles. The van der Waals surface area contributed by atoms with Crippen LogP contribution in [0.2, 0.25) is 0 Å². The van der Waals surface area contributed by atoms with Gasteiger partial charge in [-0.2, -0.15) is 0 Å². The molecule has 1 aliphatic carbocycles. The molecule has 3 nitrogen and oxygen atoms in total. The Morgan fingerprint density at radius 3 is 2.19 bits per heavy atom. The number of carboxylic acids is 1. The van der Waals surface area contributed by atoms with Crippen molar-refractivity contribution >= 4 is 16.8 Å². The molecule has 1 saturated carbocycles. The molecule has 0 spiro atoms. The predicted octanol–water partition coefficient (Wildman–Crippen LogP) is 2.42. The van der Waals surface area contributed by atoms with Crippen LogP contribution in [0.25, 0.3) is 0 Å². The Balaban J connectivity index is 2.68. The lowest BCUT2D eigenvalue weighted by molar-refractivity contribution is -0.136. The molecule has 1 fully saturated rings. The number of carbonyl (C=O) groups is 1. The van der Waals surface area contributed by atoms with Crippen molar-refractivity contribution in [1.29, 1.82) is 0 Å². The average Bonchev–Trinajstić information content (AvgIpc) is 2.16. The third kappa shape index (κ3) is 3.30. The first-order valence-electron chi connectivity index (χ1n) is 6.07. The van der Waals surface area contributed by atoms with Gasteiger partial charge in [-0.3, -0.25) is 9.00 Å². The smallest absolute Gasteiger partial charge is 0.319 e. The molecule has 4 unspecified atom stereocenters. The molecule has 0 aromatic rings. The fourth-order valence-electron chi connectivity index (χ4n) is 2.73. The van der Waals surface area contributed by atoms with Gasteiger partial charge < -0.3 is 5.11 Å². The minimum atomic E-state index is -1.22. The van der Waals surface area contributed by atoms with Gasteiger partial charge >= 0.3 is 5.97 Å². The molecule has 16 heavy (non-hydrogen) atoms. The molecule has 0 saturated heterocycles. The summed E-state index contributed by atoms with van der Waals surface area (Å²) in [5.74, 6) is 0.236. The normalized spacial score (nSPS) is 34.3. The third-order valence-corrected chi connectivity index (χ3v) is 5.53. The monoisotopic (exact) mass is 246 g/mol. The zero-order valence-electron chi connectivity index (χ0n) is 10.3. The number of carboxylic acid groups (broad SMARTS) is 1. The van der Waals surface area contributed by atoms with Crippen LogP contribution in [0.5, 0.6) is 0 Å². The summed E-state index contributed by atoms with van der Waals surface area (Å²) in [6.45, 7) is 6.13. The fraction of sp³-hybridized carbons (Fsp3) is 0.917. The van der Waals surface area contributed by atoms with E-state index in [0.717, 1.165) is 12.8 Å². The average molecular weight is 246 g/mol. The molecule has 1 aliphatic rings. The topological polar surface area (TPSA) is 54.4 Å². The number of hydrogen-bond donors (Lipinski definition) is 1. The summed E-state index contributed by atoms with van der Waals surface area (Å²) in [5.41, 5.74) is 0. The molecule has 0 heterocycles. The highest BCUT2D eigenvalue weighted by Crippen LogP contribution is 2.32. The van der Waals surface area contributed by atoms with Crippen molar-refractivity contribution < 1.29 is 14.1 Å². The zero-order valence-corrected chi connectivity index (χ0v) is 11.1. The van der Waals surface area contributed by atoms with Crippen LogP contribution in [0, 0.1) is 11.8 Å². The van der Waals surface area contributed by atoms with Gasteiger partial charge in [0, 0.05) is 16.0 Å². The van der Waals surface area contributed by atoms with E-state index in [4.69, 9.17) is 5.11 Å². The lowest BCUT2D eigenvalue weighted by Gasteiger charge is -2.32. The number of aliphatic carboxylic acids is 1. The van der Waals surface area contributed by atoms with E-state index in [0.29, 0.717) is 18.3 Å². The Labute approximate surface area is 100 Å². The molecule has 0 aromatic heterocycles. The van der Waals surface area contributed by atoms with E-state index in [9.17, 15) is 9.00 Å². The number of hydrogen-bond acceptors (Lipinski definition) is 2. The molecule has 0 amide bonds. The molecule has 0 aromatic carbocycles. The highest BCUT2D eigenvalue weighted by atomic mass is 32.2. The lowest BCUT2D eigenvalue weighted by atomic mass is 9.83. The van der Waals surface area contributed by atoms with Crippen molar-refractivity contribution in [1.82, 2.24) is 0 Å². The van der Waals surface area contributed by atoms with Crippen LogP contribution >= 0.6 is 0 Å². The van der Waals surface area contributed by atoms with E-state index in [-0.39, 0.29) is 5.25 Å². The summed E-state index contributed by atoms with van der Waals surface area (Å²) in [5, 5.41) is 8.42. The van der Waals surface area contributed by atoms with Gasteiger partial charge in [-0.1, -0.05) is 20.8 Å². The summed E-state index contributed by atoms with van der Waals surface area (Å²) < 4.78 is 12.2. The molecule has 4 heteroatoms. The van der Waals surface area contributed by atoms with E-state index in [1.54, 1.807) is 6.92 Å². The van der Waals surface area contributed by atoms with Gasteiger partial charge in [-0.25, -0.2) is 0 Å². The largest absolute Gasteiger partial charge is 0.480 e. The molecule has 1 N–H and O–H groups in total. The van der Waals surface area contributed by atoms with Crippen molar-refractivity contribution in [3.8, 4) is 0 Å². The quantitative estimate of drug-likeness (QED) is 0.829. The predicted molar refractivity (Wildman–Crippen MR) is 65.8 cm³/mol. The lowest BCUT2D eigenvalue weighted by Crippen LogP contribution is -2.36. The highest BCUT2D eigenvalue weighted by Gasteiger charge is 2.34. The molecule has 0 radical (unpaired) electrons. The maximum atomic E-state index is 12.2. The second-order valence-corrected chi connectivity index (χ2v) is 7.00. The van der Waals surface area contributed by atoms with Crippen molar-refractivity contribution in [3.05, 3.63) is 0 Å². The van der Waals surface area contributed by atoms with Gasteiger partial charge in [-0.15, -0.1) is 0 Å². The first-order chi connectivity index (χ1) is 7.45. The van der Waals surface area contributed by atoms with Crippen molar-refractivity contribution in [2.45, 2.75) is 57.0 Å². The first kappa shape index (κ1) is 13.7. The first-order valence-corrected chi connectivity index (χ1v) is 7.35. The zero-order chi connectivity index (χ0) is 12.3. The van der Waals surface area contributed by atoms with Crippen molar-refractivity contribution in [2.75, 3.05) is 0 Å². The SMILES string of the molecule is CCC(C(=O)O)S(=O)C1CC(C)CC(C)C1. The highest BCUT2D eigenvalue weighted by molar-refractivity contribution is 7.87. The Hall–Kier alpha value is -0.380. The summed E-state index contributed by atoms with van der Waals surface area (Å²) in [7, 11) is -1.22. The van der Waals surface area contributed by atoms with E-state index in [2.05, 4.69) is 13.8 Å². The van der Waals surface area contributed by atoms with Crippen LogP contribution in [-0.4, -0.2) is 25.8 Å². The van der Waals surface area contributed by atoms with Crippen LogP contribution < -0.4 is 0 Å². The summed E-state index contributed by atoms with van der Waals surface area (Å²) in [6, 6.07) is 0. The third-order valence-electron chi connectivity index (χ3n) is 3.39. The Bertz CT molecular complexity index is 267. The fourth-order valence-corrected chi connectivity index (χ4v) is 4.76. The maximum Gasteiger partial charge on any atom is 0.319 e. The van der Waals surface area contributed by atoms with E-state index in [1.165, 1.54) is 6.42 Å². The van der Waals surface area contributed by atoms with Gasteiger partial charge in [0.05, 0.1) is 0 Å². The minimum absolute atomic E-state index is 0.0831. The molecular formula is C12H22O3S. The Kier molecular flexibility index (Phi) is 4.96. The second-order valence-electron chi connectivity index (χ2n) is 5.10. The van der Waals surface area contributed by atoms with Crippen molar-refractivity contribution in [2.24, 2.45) is 11.8 Å². The van der Waals surface area contributed by atoms with E-state index < -0.39 is 22.0 Å². The molecular weight excluding hydrogens is 224 g/mol. The van der Waals surface area contributed by atoms with Gasteiger partial charge in [0.1, 0.15) is 5.25 Å². The van der Waals surface area contributed by atoms with Crippen LogP contribution in [-0.2, 0) is 15.6 Å². The Morgan fingerprint density at radius 2 is 1.81 bits per heavy atom. The van der Waals surface area contributed by atoms with Gasteiger partial charge in [0.2, 0.25) is 0 Å². The van der Waals surface area contributed by atoms with Gasteiger partial charge in [-0.05, 0) is 37.5 Å². The summed E-state index contributed by atoms with van der Waals surface area (Å²) >= 11 is 0. The standard InChI is InChI=1S/C12H22O3S/c1-4-11(12(13)14)16(15)10-6-8(2)5-9(3)7-10/h8-11H,4-7H2,1-3H3,(H,13,14). The van der Waals surface area contributed by atoms with E-state index in [1.807, 2.05) is 0 Å². The van der Waals surface area contributed by atoms with Crippen LogP contribution in [0.3, 0.4) is 0 Å². The number of rotatable bonds is 4. The Morgan fingerprint density at radius 1 is 1.31 bits per heavy atom. The molecule has 4 atom stereocenters. The maximum absolute atomic E-state index is 12.2. The second kappa shape index (κ2) is 5.80. The van der Waals surface area contributed by atoms with Crippen LogP contribution in [0.15, 0.2) is 0 Å². The van der Waals surface area contributed by atoms with Gasteiger partial charge in [0.15, 0.2) is 0 Å². The van der Waals surface area contributed by atoms with Crippen LogP contribution in [0.1, 0.15) is 46.5 Å². The summed E-state index contributed by atoms with van der Waals surface area (Å²) in [4.78, 5) is 11.0. The van der Waals surface area contributed by atoms with Crippen LogP contribution in [0.4, 0.5) is 0 Å². The van der Waals surface area contributed by atoms with Crippen molar-refractivity contribution in [3.63, 3.8) is 0 Å². The molecule has 1 rings (SSSR count). The molecule has 94 valence electrons. The minimum Gasteiger partial charge on any atom is -0.480 e.